The summed E-state index contributed by atoms with van der Waals surface area (Å²) in [5.41, 5.74) is 5.59. The fourth-order valence-electron chi connectivity index (χ4n) is 4.45. The first-order valence-corrected chi connectivity index (χ1v) is 11.0. The molecule has 1 heterocycles. The molecule has 166 valence electrons. The lowest BCUT2D eigenvalue weighted by atomic mass is 9.97. The van der Waals surface area contributed by atoms with Gasteiger partial charge in [0.05, 0.1) is 6.42 Å². The third kappa shape index (κ3) is 4.93. The first-order chi connectivity index (χ1) is 15.4. The summed E-state index contributed by atoms with van der Waals surface area (Å²) in [6.45, 7) is 5.24. The van der Waals surface area contributed by atoms with Crippen molar-refractivity contribution in [1.82, 2.24) is 0 Å². The minimum Gasteiger partial charge on any atom is -0.489 e. The molecule has 0 aromatic heterocycles. The van der Waals surface area contributed by atoms with Gasteiger partial charge in [-0.2, -0.15) is 0 Å². The fourth-order valence-corrected chi connectivity index (χ4v) is 4.45. The Labute approximate surface area is 188 Å². The van der Waals surface area contributed by atoms with Gasteiger partial charge in [-0.05, 0) is 79.8 Å². The summed E-state index contributed by atoms with van der Waals surface area (Å²) < 4.78 is 20.2. The van der Waals surface area contributed by atoms with Crippen LogP contribution in [0.4, 0.5) is 10.1 Å². The van der Waals surface area contributed by atoms with Gasteiger partial charge in [0.25, 0.3) is 0 Å². The number of carboxylic acids is 1. The van der Waals surface area contributed by atoms with E-state index in [4.69, 9.17) is 9.84 Å². The van der Waals surface area contributed by atoms with Crippen LogP contribution in [0.15, 0.2) is 60.7 Å². The smallest absolute Gasteiger partial charge is 0.305 e. The van der Waals surface area contributed by atoms with E-state index in [0.29, 0.717) is 12.2 Å². The predicted molar refractivity (Wildman–Crippen MR) is 125 cm³/mol. The summed E-state index contributed by atoms with van der Waals surface area (Å²) >= 11 is 0. The van der Waals surface area contributed by atoms with Crippen LogP contribution in [0, 0.1) is 19.7 Å². The molecule has 5 heteroatoms. The van der Waals surface area contributed by atoms with Gasteiger partial charge >= 0.3 is 5.97 Å². The van der Waals surface area contributed by atoms with Crippen molar-refractivity contribution in [3.8, 4) is 16.9 Å². The van der Waals surface area contributed by atoms with Gasteiger partial charge in [-0.1, -0.05) is 29.8 Å². The van der Waals surface area contributed by atoms with E-state index in [1.54, 1.807) is 6.07 Å². The highest BCUT2D eigenvalue weighted by atomic mass is 19.1. The average Bonchev–Trinajstić information content (AvgIpc) is 3.22. The quantitative estimate of drug-likeness (QED) is 0.487. The summed E-state index contributed by atoms with van der Waals surface area (Å²) in [6, 6.07) is 19.0. The van der Waals surface area contributed by atoms with Crippen LogP contribution in [-0.4, -0.2) is 23.7 Å². The minimum absolute atomic E-state index is 0.0546. The average molecular weight is 434 g/mol. The number of hydrogen-bond donors (Lipinski definition) is 1. The number of aryl methyl sites for hydroxylation is 2. The first kappa shape index (κ1) is 21.9. The van der Waals surface area contributed by atoms with Crippen LogP contribution in [0.1, 0.15) is 36.0 Å². The molecule has 1 aliphatic rings. The highest BCUT2D eigenvalue weighted by molar-refractivity contribution is 5.69. The Morgan fingerprint density at radius 3 is 2.56 bits per heavy atom. The lowest BCUT2D eigenvalue weighted by Gasteiger charge is -2.25. The Morgan fingerprint density at radius 2 is 1.84 bits per heavy atom. The number of rotatable bonds is 7. The molecule has 3 aromatic rings. The van der Waals surface area contributed by atoms with Crippen molar-refractivity contribution in [3.05, 3.63) is 83.2 Å². The topological polar surface area (TPSA) is 49.8 Å². The molecule has 4 rings (SSSR count). The molecule has 1 saturated heterocycles. The number of carboxylic acid groups (broad SMARTS) is 1. The molecule has 0 amide bonds. The van der Waals surface area contributed by atoms with Gasteiger partial charge in [0.2, 0.25) is 0 Å². The van der Waals surface area contributed by atoms with E-state index in [2.05, 4.69) is 4.90 Å². The third-order valence-corrected chi connectivity index (χ3v) is 6.06. The van der Waals surface area contributed by atoms with Gasteiger partial charge in [0.15, 0.2) is 0 Å². The predicted octanol–water partition coefficient (Wildman–Crippen LogP) is 6.13. The van der Waals surface area contributed by atoms with Crippen LogP contribution >= 0.6 is 0 Å². The molecule has 0 radical (unpaired) electrons. The molecule has 0 aliphatic carbocycles. The number of halogens is 1. The van der Waals surface area contributed by atoms with Gasteiger partial charge in [0.1, 0.15) is 18.2 Å². The van der Waals surface area contributed by atoms with Crippen LogP contribution in [0.5, 0.6) is 5.75 Å². The lowest BCUT2D eigenvalue weighted by Crippen LogP contribution is -2.31. The molecule has 1 atom stereocenters. The summed E-state index contributed by atoms with van der Waals surface area (Å²) in [5, 5.41) is 9.12. The number of nitrogens with zero attached hydrogens (tertiary/aromatic N) is 1. The van der Waals surface area contributed by atoms with Crippen LogP contribution in [0.3, 0.4) is 0 Å². The van der Waals surface area contributed by atoms with Crippen molar-refractivity contribution in [2.45, 2.75) is 45.8 Å². The molecule has 3 aromatic carbocycles. The molecule has 1 aliphatic heterocycles. The molecule has 1 fully saturated rings. The molecule has 32 heavy (non-hydrogen) atoms. The lowest BCUT2D eigenvalue weighted by molar-refractivity contribution is -0.137. The van der Waals surface area contributed by atoms with Crippen molar-refractivity contribution in [2.24, 2.45) is 0 Å². The largest absolute Gasteiger partial charge is 0.489 e. The van der Waals surface area contributed by atoms with E-state index in [-0.39, 0.29) is 18.3 Å². The van der Waals surface area contributed by atoms with E-state index in [1.165, 1.54) is 6.07 Å². The van der Waals surface area contributed by atoms with Crippen LogP contribution in [0.2, 0.25) is 0 Å². The van der Waals surface area contributed by atoms with Crippen LogP contribution < -0.4 is 9.64 Å². The molecule has 0 spiro atoms. The second kappa shape index (κ2) is 9.43. The van der Waals surface area contributed by atoms with Gasteiger partial charge in [-0.15, -0.1) is 0 Å². The zero-order valence-corrected chi connectivity index (χ0v) is 18.5. The summed E-state index contributed by atoms with van der Waals surface area (Å²) in [7, 11) is 0. The van der Waals surface area contributed by atoms with Crippen molar-refractivity contribution in [1.29, 1.82) is 0 Å². The van der Waals surface area contributed by atoms with Gasteiger partial charge in [0, 0.05) is 23.8 Å². The minimum atomic E-state index is -0.756. The van der Waals surface area contributed by atoms with E-state index in [0.717, 1.165) is 53.1 Å². The number of aliphatic carboxylic acids is 1. The molecule has 0 bridgehead atoms. The van der Waals surface area contributed by atoms with E-state index >= 15 is 0 Å². The van der Waals surface area contributed by atoms with Crippen LogP contribution in [-0.2, 0) is 11.4 Å². The maximum atomic E-state index is 14.3. The summed E-state index contributed by atoms with van der Waals surface area (Å²) in [6.07, 6.45) is 2.09. The standard InChI is InChI=1S/C27H28FNO3/c1-18-5-12-26(28)25(14-18)24-11-6-20(15-19(24)2)17-32-23-9-7-21(8-10-23)29-13-3-4-22(29)16-27(30)31/h5-12,14-15,22H,3-4,13,16-17H2,1-2H3,(H,30,31)/t22-/m0/s1. The number of ether oxygens (including phenoxy) is 1. The SMILES string of the molecule is Cc1ccc(F)c(-c2ccc(COc3ccc(N4CCC[C@H]4CC(=O)O)cc3)cc2C)c1. The first-order valence-electron chi connectivity index (χ1n) is 11.0. The van der Waals surface area contributed by atoms with Gasteiger partial charge in [-0.25, -0.2) is 4.39 Å². The van der Waals surface area contributed by atoms with Crippen molar-refractivity contribution >= 4 is 11.7 Å². The summed E-state index contributed by atoms with van der Waals surface area (Å²) in [4.78, 5) is 13.3. The van der Waals surface area contributed by atoms with Gasteiger partial charge in [-0.3, -0.25) is 4.79 Å². The maximum Gasteiger partial charge on any atom is 0.305 e. The Balaban J connectivity index is 1.41. The molecular weight excluding hydrogens is 405 g/mol. The zero-order chi connectivity index (χ0) is 22.7. The Morgan fingerprint density at radius 1 is 1.06 bits per heavy atom. The highest BCUT2D eigenvalue weighted by Gasteiger charge is 2.26. The molecule has 0 unspecified atom stereocenters. The monoisotopic (exact) mass is 433 g/mol. The van der Waals surface area contributed by atoms with Crippen LogP contribution in [0.25, 0.3) is 11.1 Å². The Hall–Kier alpha value is -3.34. The molecule has 0 saturated carbocycles. The number of anilines is 1. The zero-order valence-electron chi connectivity index (χ0n) is 18.5. The third-order valence-electron chi connectivity index (χ3n) is 6.06. The van der Waals surface area contributed by atoms with Crippen molar-refractivity contribution in [3.63, 3.8) is 0 Å². The Bertz CT molecular complexity index is 1110. The molecular formula is C27H28FNO3. The van der Waals surface area contributed by atoms with E-state index < -0.39 is 5.97 Å². The molecule has 4 nitrogen and oxygen atoms in total. The summed E-state index contributed by atoms with van der Waals surface area (Å²) in [5.74, 6) is -0.214. The second-order valence-electron chi connectivity index (χ2n) is 8.50. The van der Waals surface area contributed by atoms with Gasteiger partial charge < -0.3 is 14.7 Å². The normalized spacial score (nSPS) is 15.7. The van der Waals surface area contributed by atoms with Crippen molar-refractivity contribution in [2.75, 3.05) is 11.4 Å². The number of hydrogen-bond acceptors (Lipinski definition) is 3. The van der Waals surface area contributed by atoms with E-state index in [1.807, 2.05) is 62.4 Å². The second-order valence-corrected chi connectivity index (χ2v) is 8.50. The van der Waals surface area contributed by atoms with Crippen molar-refractivity contribution < 1.29 is 19.0 Å². The number of carbonyl (C=O) groups is 1. The number of benzene rings is 3. The Kier molecular flexibility index (Phi) is 6.45. The fraction of sp³-hybridized carbons (Fsp3) is 0.296. The molecule has 1 N–H and O–H groups in total. The maximum absolute atomic E-state index is 14.3. The highest BCUT2D eigenvalue weighted by Crippen LogP contribution is 2.30. The van der Waals surface area contributed by atoms with E-state index in [9.17, 15) is 9.18 Å².